The fourth-order valence-corrected chi connectivity index (χ4v) is 4.09. The molecule has 3 aromatic rings. The molecule has 1 unspecified atom stereocenters. The number of hydrogen-bond acceptors (Lipinski definition) is 5. The van der Waals surface area contributed by atoms with Gasteiger partial charge in [0, 0.05) is 24.4 Å². The Labute approximate surface area is 166 Å². The number of rotatable bonds is 5. The quantitative estimate of drug-likeness (QED) is 0.700. The molecule has 0 aliphatic carbocycles. The molecule has 146 valence electrons. The summed E-state index contributed by atoms with van der Waals surface area (Å²) in [6.45, 7) is 1.94. The molecule has 1 fully saturated rings. The number of urea groups is 1. The molecule has 1 N–H and O–H groups in total. The molecule has 28 heavy (non-hydrogen) atoms. The lowest BCUT2D eigenvalue weighted by Crippen LogP contribution is -2.45. The van der Waals surface area contributed by atoms with Gasteiger partial charge in [-0.2, -0.15) is 4.98 Å². The Morgan fingerprint density at radius 3 is 3.04 bits per heavy atom. The number of amides is 2. The van der Waals surface area contributed by atoms with Crippen molar-refractivity contribution in [3.63, 3.8) is 0 Å². The van der Waals surface area contributed by atoms with Gasteiger partial charge in [0.05, 0.1) is 12.1 Å². The Balaban J connectivity index is 1.34. The summed E-state index contributed by atoms with van der Waals surface area (Å²) in [6, 6.07) is 10.3. The third-order valence-corrected chi connectivity index (χ3v) is 5.72. The Morgan fingerprint density at radius 1 is 1.32 bits per heavy atom. The van der Waals surface area contributed by atoms with E-state index in [2.05, 4.69) is 15.5 Å². The highest BCUT2D eigenvalue weighted by Crippen LogP contribution is 2.23. The molecular weight excluding hydrogens is 379 g/mol. The van der Waals surface area contributed by atoms with Crippen molar-refractivity contribution in [2.75, 3.05) is 13.1 Å². The number of halogens is 1. The van der Waals surface area contributed by atoms with Crippen molar-refractivity contribution in [2.24, 2.45) is 5.92 Å². The van der Waals surface area contributed by atoms with Crippen LogP contribution in [0.2, 0.25) is 0 Å². The first-order chi connectivity index (χ1) is 13.7. The molecule has 8 heteroatoms. The third kappa shape index (κ3) is 4.39. The molecule has 1 aromatic carbocycles. The molecule has 2 aromatic heterocycles. The van der Waals surface area contributed by atoms with Crippen LogP contribution in [0.1, 0.15) is 23.6 Å². The molecule has 0 radical (unpaired) electrons. The van der Waals surface area contributed by atoms with E-state index in [1.54, 1.807) is 29.5 Å². The summed E-state index contributed by atoms with van der Waals surface area (Å²) < 4.78 is 19.2. The van der Waals surface area contributed by atoms with E-state index in [4.69, 9.17) is 4.52 Å². The molecule has 6 nitrogen and oxygen atoms in total. The normalized spacial score (nSPS) is 16.9. The number of hydrogen-bond donors (Lipinski definition) is 1. The largest absolute Gasteiger partial charge is 0.339 e. The standard InChI is InChI=1S/C20H21FN4O2S/c21-17-8-2-1-7-16(17)19-23-18(27-24-19)11-14-5-3-9-25(13-14)20(26)22-12-15-6-4-10-28-15/h1-2,4,6-8,10,14H,3,5,9,11-13H2,(H,22,26). The van der Waals surface area contributed by atoms with E-state index >= 15 is 0 Å². The number of nitrogens with one attached hydrogen (secondary N) is 1. The first kappa shape index (κ1) is 18.6. The molecule has 0 bridgehead atoms. The number of nitrogens with zero attached hydrogens (tertiary/aromatic N) is 3. The highest BCUT2D eigenvalue weighted by Gasteiger charge is 2.25. The molecule has 4 rings (SSSR count). The Morgan fingerprint density at radius 2 is 2.21 bits per heavy atom. The summed E-state index contributed by atoms with van der Waals surface area (Å²) >= 11 is 1.63. The van der Waals surface area contributed by atoms with Crippen LogP contribution in [0.5, 0.6) is 0 Å². The number of aromatic nitrogens is 2. The lowest BCUT2D eigenvalue weighted by molar-refractivity contribution is 0.161. The van der Waals surface area contributed by atoms with Crippen molar-refractivity contribution in [1.29, 1.82) is 0 Å². The van der Waals surface area contributed by atoms with Crippen molar-refractivity contribution in [2.45, 2.75) is 25.8 Å². The number of carbonyl (C=O) groups excluding carboxylic acids is 1. The second kappa shape index (κ2) is 8.52. The number of piperidine rings is 1. The van der Waals surface area contributed by atoms with Crippen molar-refractivity contribution >= 4 is 17.4 Å². The van der Waals surface area contributed by atoms with E-state index in [1.165, 1.54) is 6.07 Å². The van der Waals surface area contributed by atoms with Crippen LogP contribution in [0.4, 0.5) is 9.18 Å². The Hall–Kier alpha value is -2.74. The molecule has 1 atom stereocenters. The summed E-state index contributed by atoms with van der Waals surface area (Å²) in [6.07, 6.45) is 2.51. The first-order valence-electron chi connectivity index (χ1n) is 9.31. The Kier molecular flexibility index (Phi) is 5.66. The Bertz CT molecular complexity index is 928. The van der Waals surface area contributed by atoms with E-state index in [-0.39, 0.29) is 23.6 Å². The zero-order valence-corrected chi connectivity index (χ0v) is 16.1. The van der Waals surface area contributed by atoms with Crippen LogP contribution >= 0.6 is 11.3 Å². The van der Waals surface area contributed by atoms with E-state index in [1.807, 2.05) is 22.4 Å². The maximum Gasteiger partial charge on any atom is 0.317 e. The highest BCUT2D eigenvalue weighted by atomic mass is 32.1. The van der Waals surface area contributed by atoms with Gasteiger partial charge in [0.25, 0.3) is 0 Å². The van der Waals surface area contributed by atoms with Crippen molar-refractivity contribution in [3.05, 3.63) is 58.4 Å². The molecule has 1 aliphatic heterocycles. The SMILES string of the molecule is O=C(NCc1cccs1)N1CCCC(Cc2nc(-c3ccccc3F)no2)C1. The first-order valence-corrected chi connectivity index (χ1v) is 10.2. The number of carbonyl (C=O) groups is 1. The smallest absolute Gasteiger partial charge is 0.317 e. The lowest BCUT2D eigenvalue weighted by Gasteiger charge is -2.32. The molecule has 1 aliphatic rings. The average molecular weight is 400 g/mol. The summed E-state index contributed by atoms with van der Waals surface area (Å²) in [5.74, 6) is 0.606. The zero-order valence-electron chi connectivity index (χ0n) is 15.3. The van der Waals surface area contributed by atoms with Gasteiger partial charge in [0.15, 0.2) is 0 Å². The number of benzene rings is 1. The van der Waals surface area contributed by atoms with E-state index in [0.717, 1.165) is 24.3 Å². The lowest BCUT2D eigenvalue weighted by atomic mass is 9.95. The van der Waals surface area contributed by atoms with Crippen LogP contribution in [0.25, 0.3) is 11.4 Å². The van der Waals surface area contributed by atoms with Crippen LogP contribution in [0.15, 0.2) is 46.3 Å². The van der Waals surface area contributed by atoms with Gasteiger partial charge in [-0.3, -0.25) is 0 Å². The van der Waals surface area contributed by atoms with Crippen molar-refractivity contribution in [3.8, 4) is 11.4 Å². The highest BCUT2D eigenvalue weighted by molar-refractivity contribution is 7.09. The summed E-state index contributed by atoms with van der Waals surface area (Å²) in [4.78, 5) is 19.8. The number of likely N-dealkylation sites (tertiary alicyclic amines) is 1. The van der Waals surface area contributed by atoms with E-state index < -0.39 is 0 Å². The minimum Gasteiger partial charge on any atom is -0.339 e. The fourth-order valence-electron chi connectivity index (χ4n) is 3.44. The molecular formula is C20H21FN4O2S. The maximum atomic E-state index is 13.9. The second-order valence-corrected chi connectivity index (χ2v) is 7.92. The summed E-state index contributed by atoms with van der Waals surface area (Å²) in [5.41, 5.74) is 0.329. The predicted octanol–water partition coefficient (Wildman–Crippen LogP) is 4.10. The van der Waals surface area contributed by atoms with Crippen molar-refractivity contribution < 1.29 is 13.7 Å². The van der Waals surface area contributed by atoms with Crippen LogP contribution in [-0.4, -0.2) is 34.2 Å². The third-order valence-electron chi connectivity index (χ3n) is 4.85. The predicted molar refractivity (Wildman–Crippen MR) is 104 cm³/mol. The average Bonchev–Trinajstić information content (AvgIpc) is 3.39. The van der Waals surface area contributed by atoms with Crippen molar-refractivity contribution in [1.82, 2.24) is 20.4 Å². The van der Waals surface area contributed by atoms with Gasteiger partial charge in [-0.15, -0.1) is 11.3 Å². The second-order valence-electron chi connectivity index (χ2n) is 6.89. The monoisotopic (exact) mass is 400 g/mol. The topological polar surface area (TPSA) is 71.3 Å². The van der Waals surface area contributed by atoms with Crippen LogP contribution in [0, 0.1) is 11.7 Å². The molecule has 2 amide bonds. The minimum atomic E-state index is -0.374. The van der Waals surface area contributed by atoms with Gasteiger partial charge >= 0.3 is 6.03 Å². The van der Waals surface area contributed by atoms with Crippen LogP contribution in [-0.2, 0) is 13.0 Å². The van der Waals surface area contributed by atoms with Gasteiger partial charge in [-0.25, -0.2) is 9.18 Å². The summed E-state index contributed by atoms with van der Waals surface area (Å²) in [7, 11) is 0. The summed E-state index contributed by atoms with van der Waals surface area (Å²) in [5, 5.41) is 8.88. The molecule has 3 heterocycles. The minimum absolute atomic E-state index is 0.0457. The van der Waals surface area contributed by atoms with Gasteiger partial charge in [-0.05, 0) is 42.3 Å². The zero-order chi connectivity index (χ0) is 19.3. The molecule has 0 saturated carbocycles. The van der Waals surface area contributed by atoms with Gasteiger partial charge < -0.3 is 14.7 Å². The molecule has 0 spiro atoms. The van der Waals surface area contributed by atoms with Crippen LogP contribution in [0.3, 0.4) is 0 Å². The van der Waals surface area contributed by atoms with Gasteiger partial charge in [0.1, 0.15) is 5.82 Å². The van der Waals surface area contributed by atoms with E-state index in [0.29, 0.717) is 31.0 Å². The van der Waals surface area contributed by atoms with Gasteiger partial charge in [0.2, 0.25) is 11.7 Å². The molecule has 1 saturated heterocycles. The van der Waals surface area contributed by atoms with Crippen LogP contribution < -0.4 is 5.32 Å². The maximum absolute atomic E-state index is 13.9. The fraction of sp³-hybridized carbons (Fsp3) is 0.350. The number of thiophene rings is 1. The van der Waals surface area contributed by atoms with Gasteiger partial charge in [-0.1, -0.05) is 23.4 Å². The van der Waals surface area contributed by atoms with E-state index in [9.17, 15) is 9.18 Å².